The Morgan fingerprint density at radius 2 is 2.17 bits per heavy atom. The van der Waals surface area contributed by atoms with Crippen LogP contribution in [0.3, 0.4) is 0 Å². The smallest absolute Gasteiger partial charge is 0.224 e. The molecule has 0 spiro atoms. The van der Waals surface area contributed by atoms with Crippen LogP contribution in [-0.4, -0.2) is 33.8 Å². The number of hydrogen-bond acceptors (Lipinski definition) is 4. The molecule has 0 radical (unpaired) electrons. The van der Waals surface area contributed by atoms with Gasteiger partial charge in [0.15, 0.2) is 5.82 Å². The van der Waals surface area contributed by atoms with Crippen LogP contribution in [0.25, 0.3) is 11.4 Å². The third kappa shape index (κ3) is 3.59. The second-order valence-electron chi connectivity index (χ2n) is 6.19. The van der Waals surface area contributed by atoms with E-state index in [9.17, 15) is 4.79 Å². The number of rotatable bonds is 4. The van der Waals surface area contributed by atoms with E-state index in [4.69, 9.17) is 0 Å². The molecule has 0 saturated carbocycles. The molecule has 0 atom stereocenters. The number of anilines is 1. The summed E-state index contributed by atoms with van der Waals surface area (Å²) < 4.78 is 1.88. The van der Waals surface area contributed by atoms with E-state index >= 15 is 0 Å². The second kappa shape index (κ2) is 6.91. The first kappa shape index (κ1) is 15.7. The number of aryl methyl sites for hydroxylation is 1. The summed E-state index contributed by atoms with van der Waals surface area (Å²) in [4.78, 5) is 12.3. The van der Waals surface area contributed by atoms with E-state index in [1.54, 1.807) is 6.33 Å². The molecular weight excluding hydrogens is 290 g/mol. The van der Waals surface area contributed by atoms with E-state index in [0.29, 0.717) is 12.3 Å². The van der Waals surface area contributed by atoms with Crippen LogP contribution in [0, 0.1) is 12.8 Å². The summed E-state index contributed by atoms with van der Waals surface area (Å²) >= 11 is 0. The largest absolute Gasteiger partial charge is 0.326 e. The highest BCUT2D eigenvalue weighted by Crippen LogP contribution is 2.27. The van der Waals surface area contributed by atoms with Crippen molar-refractivity contribution in [2.45, 2.75) is 26.2 Å². The summed E-state index contributed by atoms with van der Waals surface area (Å²) in [6, 6.07) is 5.88. The number of nitrogens with zero attached hydrogens (tertiary/aromatic N) is 3. The molecular formula is C17H23N5O. The maximum absolute atomic E-state index is 12.3. The zero-order valence-corrected chi connectivity index (χ0v) is 13.7. The van der Waals surface area contributed by atoms with Gasteiger partial charge in [0.25, 0.3) is 0 Å². The second-order valence-corrected chi connectivity index (χ2v) is 6.19. The Kier molecular flexibility index (Phi) is 4.71. The highest BCUT2D eigenvalue weighted by molar-refractivity contribution is 5.92. The molecule has 1 aliphatic heterocycles. The fourth-order valence-corrected chi connectivity index (χ4v) is 3.09. The summed E-state index contributed by atoms with van der Waals surface area (Å²) in [6.07, 6.45) is 4.42. The van der Waals surface area contributed by atoms with Gasteiger partial charge in [-0.15, -0.1) is 10.2 Å². The molecule has 2 heterocycles. The van der Waals surface area contributed by atoms with Crippen molar-refractivity contribution >= 4 is 11.6 Å². The molecule has 2 N–H and O–H groups in total. The van der Waals surface area contributed by atoms with E-state index < -0.39 is 0 Å². The maximum Gasteiger partial charge on any atom is 0.224 e. The quantitative estimate of drug-likeness (QED) is 0.907. The number of nitrogens with one attached hydrogen (secondary N) is 2. The molecule has 1 fully saturated rings. The molecule has 1 aromatic carbocycles. The van der Waals surface area contributed by atoms with Crippen molar-refractivity contribution in [3.8, 4) is 11.4 Å². The number of aromatic nitrogens is 3. The predicted molar refractivity (Wildman–Crippen MR) is 90.0 cm³/mol. The molecule has 6 nitrogen and oxygen atoms in total. The van der Waals surface area contributed by atoms with Crippen molar-refractivity contribution in [1.29, 1.82) is 0 Å². The van der Waals surface area contributed by atoms with Gasteiger partial charge in [0, 0.05) is 24.7 Å². The van der Waals surface area contributed by atoms with Gasteiger partial charge in [0.2, 0.25) is 5.91 Å². The maximum atomic E-state index is 12.3. The first-order valence-corrected chi connectivity index (χ1v) is 8.09. The third-order valence-corrected chi connectivity index (χ3v) is 4.49. The van der Waals surface area contributed by atoms with Crippen molar-refractivity contribution in [3.63, 3.8) is 0 Å². The summed E-state index contributed by atoms with van der Waals surface area (Å²) in [6.45, 7) is 4.03. The van der Waals surface area contributed by atoms with Gasteiger partial charge in [-0.05, 0) is 50.4 Å². The van der Waals surface area contributed by atoms with Crippen LogP contribution in [0.15, 0.2) is 24.5 Å². The Hall–Kier alpha value is -2.21. The third-order valence-electron chi connectivity index (χ3n) is 4.49. The minimum Gasteiger partial charge on any atom is -0.326 e. The summed E-state index contributed by atoms with van der Waals surface area (Å²) in [5, 5.41) is 14.5. The highest BCUT2D eigenvalue weighted by Gasteiger charge is 2.18. The summed E-state index contributed by atoms with van der Waals surface area (Å²) in [5.41, 5.74) is 2.86. The highest BCUT2D eigenvalue weighted by atomic mass is 16.1. The number of piperidine rings is 1. The lowest BCUT2D eigenvalue weighted by Gasteiger charge is -2.22. The topological polar surface area (TPSA) is 71.8 Å². The lowest BCUT2D eigenvalue weighted by molar-refractivity contribution is -0.117. The van der Waals surface area contributed by atoms with Crippen LogP contribution >= 0.6 is 0 Å². The van der Waals surface area contributed by atoms with Gasteiger partial charge in [-0.25, -0.2) is 0 Å². The summed E-state index contributed by atoms with van der Waals surface area (Å²) in [7, 11) is 1.91. The molecule has 3 rings (SSSR count). The average Bonchev–Trinajstić information content (AvgIpc) is 2.96. The lowest BCUT2D eigenvalue weighted by atomic mass is 9.94. The van der Waals surface area contributed by atoms with E-state index in [-0.39, 0.29) is 5.91 Å². The number of hydrogen-bond donors (Lipinski definition) is 2. The van der Waals surface area contributed by atoms with Crippen LogP contribution in [0.4, 0.5) is 5.69 Å². The molecule has 122 valence electrons. The van der Waals surface area contributed by atoms with Crippen molar-refractivity contribution < 1.29 is 4.79 Å². The predicted octanol–water partition coefficient (Wildman–Crippen LogP) is 2.12. The van der Waals surface area contributed by atoms with Crippen molar-refractivity contribution in [3.05, 3.63) is 30.1 Å². The molecule has 0 bridgehead atoms. The zero-order valence-electron chi connectivity index (χ0n) is 13.7. The van der Waals surface area contributed by atoms with Crippen LogP contribution in [0.2, 0.25) is 0 Å². The minimum absolute atomic E-state index is 0.0927. The Morgan fingerprint density at radius 1 is 1.39 bits per heavy atom. The van der Waals surface area contributed by atoms with Gasteiger partial charge in [0.05, 0.1) is 0 Å². The number of amides is 1. The van der Waals surface area contributed by atoms with Gasteiger partial charge in [-0.2, -0.15) is 0 Å². The molecule has 1 aromatic heterocycles. The van der Waals surface area contributed by atoms with E-state index in [0.717, 1.165) is 48.6 Å². The van der Waals surface area contributed by atoms with Gasteiger partial charge in [-0.3, -0.25) is 4.79 Å². The lowest BCUT2D eigenvalue weighted by Crippen LogP contribution is -2.30. The molecule has 6 heteroatoms. The zero-order chi connectivity index (χ0) is 16.2. The monoisotopic (exact) mass is 313 g/mol. The molecule has 23 heavy (non-hydrogen) atoms. The fraction of sp³-hybridized carbons (Fsp3) is 0.471. The molecule has 1 amide bonds. The Bertz CT molecular complexity index is 688. The van der Waals surface area contributed by atoms with Gasteiger partial charge >= 0.3 is 0 Å². The van der Waals surface area contributed by atoms with E-state index in [1.807, 2.05) is 36.7 Å². The normalized spacial score (nSPS) is 15.6. The van der Waals surface area contributed by atoms with Crippen molar-refractivity contribution in [2.75, 3.05) is 18.4 Å². The Balaban J connectivity index is 1.73. The standard InChI is InChI=1S/C17H23N5O/c1-12-14(17-21-19-11-22(17)2)4-3-5-15(12)20-16(23)10-13-6-8-18-9-7-13/h3-5,11,13,18H,6-10H2,1-2H3,(H,20,23). The fourth-order valence-electron chi connectivity index (χ4n) is 3.09. The molecule has 1 saturated heterocycles. The Labute approximate surface area is 136 Å². The van der Waals surface area contributed by atoms with Gasteiger partial charge in [-0.1, -0.05) is 12.1 Å². The summed E-state index contributed by atoms with van der Waals surface area (Å²) in [5.74, 6) is 1.38. The first-order chi connectivity index (χ1) is 11.1. The Morgan fingerprint density at radius 3 is 2.87 bits per heavy atom. The SMILES string of the molecule is Cc1c(NC(=O)CC2CCNCC2)cccc1-c1nncn1C. The molecule has 0 aliphatic carbocycles. The van der Waals surface area contributed by atoms with Gasteiger partial charge in [0.1, 0.15) is 6.33 Å². The number of benzene rings is 1. The van der Waals surface area contributed by atoms with Crippen LogP contribution in [-0.2, 0) is 11.8 Å². The number of carbonyl (C=O) groups is 1. The minimum atomic E-state index is 0.0927. The molecule has 0 unspecified atom stereocenters. The van der Waals surface area contributed by atoms with E-state index in [2.05, 4.69) is 20.8 Å². The average molecular weight is 313 g/mol. The van der Waals surface area contributed by atoms with Crippen molar-refractivity contribution in [1.82, 2.24) is 20.1 Å². The number of carbonyl (C=O) groups excluding carboxylic acids is 1. The first-order valence-electron chi connectivity index (χ1n) is 8.09. The molecule has 1 aliphatic rings. The van der Waals surface area contributed by atoms with Crippen LogP contribution in [0.5, 0.6) is 0 Å². The van der Waals surface area contributed by atoms with Crippen LogP contribution in [0.1, 0.15) is 24.8 Å². The van der Waals surface area contributed by atoms with E-state index in [1.165, 1.54) is 0 Å². The van der Waals surface area contributed by atoms with Crippen LogP contribution < -0.4 is 10.6 Å². The van der Waals surface area contributed by atoms with Crippen molar-refractivity contribution in [2.24, 2.45) is 13.0 Å². The molecule has 2 aromatic rings. The van der Waals surface area contributed by atoms with Gasteiger partial charge < -0.3 is 15.2 Å².